The van der Waals surface area contributed by atoms with Crippen LogP contribution in [0.2, 0.25) is 0 Å². The fourth-order valence-electron chi connectivity index (χ4n) is 1.26. The van der Waals surface area contributed by atoms with E-state index in [-0.39, 0.29) is 5.56 Å². The third-order valence-electron chi connectivity index (χ3n) is 2.45. The summed E-state index contributed by atoms with van der Waals surface area (Å²) in [6.45, 7) is 4.73. The van der Waals surface area contributed by atoms with Crippen molar-refractivity contribution >= 4 is 5.69 Å². The first kappa shape index (κ1) is 12.5. The van der Waals surface area contributed by atoms with Gasteiger partial charge in [0.05, 0.1) is 5.56 Å². The molecule has 1 N–H and O–H groups in total. The Morgan fingerprint density at radius 2 is 2.25 bits per heavy atom. The number of nitrogens with zero attached hydrogens (tertiary/aromatic N) is 2. The van der Waals surface area contributed by atoms with Gasteiger partial charge in [-0.25, -0.2) is 4.39 Å². The summed E-state index contributed by atoms with van der Waals surface area (Å²) in [4.78, 5) is 2.16. The summed E-state index contributed by atoms with van der Waals surface area (Å²) in [5.74, 6) is -0.476. The van der Waals surface area contributed by atoms with Crippen molar-refractivity contribution in [2.45, 2.75) is 6.92 Å². The van der Waals surface area contributed by atoms with Gasteiger partial charge in [0, 0.05) is 18.8 Å². The molecule has 0 bridgehead atoms. The summed E-state index contributed by atoms with van der Waals surface area (Å²) in [5.41, 5.74) is 0.789. The summed E-state index contributed by atoms with van der Waals surface area (Å²) >= 11 is 0. The van der Waals surface area contributed by atoms with E-state index in [4.69, 9.17) is 5.26 Å². The van der Waals surface area contributed by atoms with Crippen molar-refractivity contribution in [3.63, 3.8) is 0 Å². The minimum absolute atomic E-state index is 0.0798. The van der Waals surface area contributed by atoms with E-state index in [1.165, 1.54) is 12.1 Å². The van der Waals surface area contributed by atoms with Gasteiger partial charge in [-0.15, -0.1) is 0 Å². The number of benzene rings is 1. The van der Waals surface area contributed by atoms with Crippen molar-refractivity contribution in [2.24, 2.45) is 0 Å². The van der Waals surface area contributed by atoms with Crippen LogP contribution in [0, 0.1) is 17.1 Å². The molecular formula is C12H16FN3. The normalized spacial score (nSPS) is 10.2. The molecule has 0 radical (unpaired) electrons. The summed E-state index contributed by atoms with van der Waals surface area (Å²) in [7, 11) is 2.03. The van der Waals surface area contributed by atoms with Crippen LogP contribution in [0.1, 0.15) is 12.5 Å². The molecule has 0 atom stereocenters. The highest BCUT2D eigenvalue weighted by Crippen LogP contribution is 2.13. The first-order valence-electron chi connectivity index (χ1n) is 5.29. The molecule has 0 aliphatic carbocycles. The maximum atomic E-state index is 13.2. The number of nitriles is 1. The number of anilines is 1. The molecule has 16 heavy (non-hydrogen) atoms. The van der Waals surface area contributed by atoms with E-state index in [0.29, 0.717) is 5.69 Å². The standard InChI is InChI=1S/C12H16FN3/c1-3-16(2)7-6-15-11-5-4-10(9-14)12(13)8-11/h4-5,8,15H,3,6-7H2,1-2H3. The second-order valence-electron chi connectivity index (χ2n) is 3.63. The number of rotatable bonds is 5. The van der Waals surface area contributed by atoms with Crippen LogP contribution in [0.3, 0.4) is 0 Å². The summed E-state index contributed by atoms with van der Waals surface area (Å²) in [6, 6.07) is 6.35. The quantitative estimate of drug-likeness (QED) is 0.827. The molecule has 0 heterocycles. The van der Waals surface area contributed by atoms with Crippen LogP contribution in [-0.4, -0.2) is 31.6 Å². The lowest BCUT2D eigenvalue weighted by Gasteiger charge is -2.14. The molecule has 0 saturated heterocycles. The van der Waals surface area contributed by atoms with Crippen LogP contribution in [0.4, 0.5) is 10.1 Å². The highest BCUT2D eigenvalue weighted by atomic mass is 19.1. The average Bonchev–Trinajstić information content (AvgIpc) is 2.29. The molecule has 1 aromatic rings. The molecule has 0 fully saturated rings. The average molecular weight is 221 g/mol. The minimum Gasteiger partial charge on any atom is -0.384 e. The molecular weight excluding hydrogens is 205 g/mol. The maximum absolute atomic E-state index is 13.2. The summed E-state index contributed by atoms with van der Waals surface area (Å²) < 4.78 is 13.2. The molecule has 3 nitrogen and oxygen atoms in total. The lowest BCUT2D eigenvalue weighted by Crippen LogP contribution is -2.24. The molecule has 4 heteroatoms. The van der Waals surface area contributed by atoms with Crippen LogP contribution in [-0.2, 0) is 0 Å². The molecule has 0 unspecified atom stereocenters. The van der Waals surface area contributed by atoms with Crippen molar-refractivity contribution < 1.29 is 4.39 Å². The van der Waals surface area contributed by atoms with E-state index in [1.54, 1.807) is 12.1 Å². The molecule has 0 aliphatic heterocycles. The highest BCUT2D eigenvalue weighted by Gasteiger charge is 2.02. The zero-order valence-electron chi connectivity index (χ0n) is 9.63. The van der Waals surface area contributed by atoms with E-state index in [0.717, 1.165) is 19.6 Å². The van der Waals surface area contributed by atoms with Gasteiger partial charge >= 0.3 is 0 Å². The Balaban J connectivity index is 2.50. The zero-order chi connectivity index (χ0) is 12.0. The molecule has 1 rings (SSSR count). The second-order valence-corrected chi connectivity index (χ2v) is 3.63. The molecule has 1 aromatic carbocycles. The Morgan fingerprint density at radius 1 is 1.50 bits per heavy atom. The Labute approximate surface area is 95.5 Å². The Hall–Kier alpha value is -1.60. The van der Waals surface area contributed by atoms with Gasteiger partial charge in [0.25, 0.3) is 0 Å². The zero-order valence-corrected chi connectivity index (χ0v) is 9.63. The number of hydrogen-bond donors (Lipinski definition) is 1. The van der Waals surface area contributed by atoms with Crippen molar-refractivity contribution in [1.82, 2.24) is 4.90 Å². The van der Waals surface area contributed by atoms with Crippen molar-refractivity contribution in [3.05, 3.63) is 29.6 Å². The van der Waals surface area contributed by atoms with Crippen LogP contribution in [0.5, 0.6) is 0 Å². The largest absolute Gasteiger partial charge is 0.384 e. The molecule has 86 valence electrons. The van der Waals surface area contributed by atoms with E-state index < -0.39 is 5.82 Å². The van der Waals surface area contributed by atoms with Crippen LogP contribution in [0.25, 0.3) is 0 Å². The van der Waals surface area contributed by atoms with E-state index in [9.17, 15) is 4.39 Å². The fourth-order valence-corrected chi connectivity index (χ4v) is 1.26. The van der Waals surface area contributed by atoms with E-state index in [1.807, 2.05) is 7.05 Å². The van der Waals surface area contributed by atoms with Crippen molar-refractivity contribution in [3.8, 4) is 6.07 Å². The molecule has 0 spiro atoms. The maximum Gasteiger partial charge on any atom is 0.143 e. The fraction of sp³-hybridized carbons (Fsp3) is 0.417. The monoisotopic (exact) mass is 221 g/mol. The predicted molar refractivity (Wildman–Crippen MR) is 62.8 cm³/mol. The SMILES string of the molecule is CCN(C)CCNc1ccc(C#N)c(F)c1. The van der Waals surface area contributed by atoms with Gasteiger partial charge in [0.15, 0.2) is 0 Å². The van der Waals surface area contributed by atoms with Gasteiger partial charge in [-0.1, -0.05) is 6.92 Å². The molecule has 0 aromatic heterocycles. The van der Waals surface area contributed by atoms with Crippen molar-refractivity contribution in [2.75, 3.05) is 32.0 Å². The highest BCUT2D eigenvalue weighted by molar-refractivity contribution is 5.48. The number of likely N-dealkylation sites (N-methyl/N-ethyl adjacent to an activating group) is 1. The smallest absolute Gasteiger partial charge is 0.143 e. The molecule has 0 amide bonds. The molecule has 0 saturated carbocycles. The van der Waals surface area contributed by atoms with Crippen LogP contribution in [0.15, 0.2) is 18.2 Å². The third kappa shape index (κ3) is 3.52. The number of hydrogen-bond acceptors (Lipinski definition) is 3. The van der Waals surface area contributed by atoms with Gasteiger partial charge in [-0.3, -0.25) is 0 Å². The van der Waals surface area contributed by atoms with Crippen LogP contribution < -0.4 is 5.32 Å². The van der Waals surface area contributed by atoms with Crippen molar-refractivity contribution in [1.29, 1.82) is 5.26 Å². The predicted octanol–water partition coefficient (Wildman–Crippen LogP) is 2.06. The first-order valence-corrected chi connectivity index (χ1v) is 5.29. The third-order valence-corrected chi connectivity index (χ3v) is 2.45. The Bertz CT molecular complexity index is 384. The number of nitrogens with one attached hydrogen (secondary N) is 1. The van der Waals surface area contributed by atoms with Gasteiger partial charge in [-0.05, 0) is 31.8 Å². The lowest BCUT2D eigenvalue weighted by molar-refractivity contribution is 0.367. The number of halogens is 1. The summed E-state index contributed by atoms with van der Waals surface area (Å²) in [5, 5.41) is 11.7. The van der Waals surface area contributed by atoms with Gasteiger partial charge in [0.2, 0.25) is 0 Å². The van der Waals surface area contributed by atoms with E-state index >= 15 is 0 Å². The summed E-state index contributed by atoms with van der Waals surface area (Å²) in [6.07, 6.45) is 0. The first-order chi connectivity index (χ1) is 7.67. The van der Waals surface area contributed by atoms with Gasteiger partial charge in [-0.2, -0.15) is 5.26 Å². The van der Waals surface area contributed by atoms with Gasteiger partial charge < -0.3 is 10.2 Å². The van der Waals surface area contributed by atoms with Gasteiger partial charge in [0.1, 0.15) is 11.9 Å². The second kappa shape index (κ2) is 6.09. The topological polar surface area (TPSA) is 39.1 Å². The lowest BCUT2D eigenvalue weighted by atomic mass is 10.2. The minimum atomic E-state index is -0.476. The Morgan fingerprint density at radius 3 is 2.81 bits per heavy atom. The Kier molecular flexibility index (Phi) is 4.74. The molecule has 0 aliphatic rings. The van der Waals surface area contributed by atoms with E-state index in [2.05, 4.69) is 17.1 Å². The van der Waals surface area contributed by atoms with Crippen LogP contribution >= 0.6 is 0 Å².